The Balaban J connectivity index is 5.98. The van der Waals surface area contributed by atoms with Gasteiger partial charge in [0, 0.05) is 5.75 Å². The standard InChI is InChI=1S/C15H16F13NO4S/c1-9(2,3)33-8(31)29-6(7(30)32-4)5-34-15(27,28)13(22,23)11(18,19)10(16,17)12(20,21)14(24,25)26/h6H,5H2,1-4H3,(H,29,31). The van der Waals surface area contributed by atoms with Gasteiger partial charge in [-0.3, -0.25) is 0 Å². The molecule has 0 heterocycles. The van der Waals surface area contributed by atoms with Gasteiger partial charge in [-0.05, 0) is 20.8 Å². The quantitative estimate of drug-likeness (QED) is 0.303. The number of thioether (sulfide) groups is 1. The highest BCUT2D eigenvalue weighted by molar-refractivity contribution is 8.00. The molecule has 1 atom stereocenters. The van der Waals surface area contributed by atoms with Crippen LogP contribution in [0, 0.1) is 0 Å². The van der Waals surface area contributed by atoms with E-state index in [1.165, 1.54) is 26.1 Å². The number of alkyl halides is 13. The normalized spacial score (nSPS) is 15.6. The summed E-state index contributed by atoms with van der Waals surface area (Å²) in [5.41, 5.74) is -1.26. The molecule has 0 fully saturated rings. The van der Waals surface area contributed by atoms with Gasteiger partial charge in [-0.15, -0.1) is 0 Å². The highest BCUT2D eigenvalue weighted by atomic mass is 32.2. The first-order valence-electron chi connectivity index (χ1n) is 8.36. The van der Waals surface area contributed by atoms with Gasteiger partial charge in [-0.25, -0.2) is 9.59 Å². The Bertz CT molecular complexity index is 750. The van der Waals surface area contributed by atoms with Gasteiger partial charge in [0.05, 0.1) is 7.11 Å². The third-order valence-electron chi connectivity index (χ3n) is 3.51. The second-order valence-electron chi connectivity index (χ2n) is 7.35. The maximum Gasteiger partial charge on any atom is 0.460 e. The van der Waals surface area contributed by atoms with Gasteiger partial charge in [-0.1, -0.05) is 11.8 Å². The summed E-state index contributed by atoms with van der Waals surface area (Å²) < 4.78 is 179. The summed E-state index contributed by atoms with van der Waals surface area (Å²) in [4.78, 5) is 23.2. The number of amides is 1. The smallest absolute Gasteiger partial charge is 0.460 e. The lowest BCUT2D eigenvalue weighted by Gasteiger charge is -2.39. The van der Waals surface area contributed by atoms with Crippen molar-refractivity contribution in [3.63, 3.8) is 0 Å². The minimum atomic E-state index is -8.04. The van der Waals surface area contributed by atoms with Gasteiger partial charge < -0.3 is 14.8 Å². The van der Waals surface area contributed by atoms with Crippen LogP contribution in [0.2, 0.25) is 0 Å². The zero-order valence-electron chi connectivity index (χ0n) is 17.2. The van der Waals surface area contributed by atoms with Crippen LogP contribution >= 0.6 is 11.8 Å². The Hall–Kier alpha value is -1.82. The van der Waals surface area contributed by atoms with Crippen LogP contribution in [0.5, 0.6) is 0 Å². The van der Waals surface area contributed by atoms with Crippen molar-refractivity contribution in [2.75, 3.05) is 12.9 Å². The molecule has 19 heteroatoms. The number of alkyl carbamates (subject to hydrolysis) is 1. The summed E-state index contributed by atoms with van der Waals surface area (Å²) in [5, 5.41) is -4.96. The van der Waals surface area contributed by atoms with Crippen molar-refractivity contribution in [2.24, 2.45) is 0 Å². The van der Waals surface area contributed by atoms with Crippen molar-refractivity contribution in [1.82, 2.24) is 5.32 Å². The van der Waals surface area contributed by atoms with E-state index in [-0.39, 0.29) is 0 Å². The van der Waals surface area contributed by atoms with Gasteiger partial charge in [0.1, 0.15) is 11.6 Å². The largest absolute Gasteiger partial charge is 0.467 e. The summed E-state index contributed by atoms with van der Waals surface area (Å²) in [5.74, 6) is -34.9. The molecule has 0 saturated carbocycles. The van der Waals surface area contributed by atoms with Crippen molar-refractivity contribution in [3.05, 3.63) is 0 Å². The molecule has 1 N–H and O–H groups in total. The molecule has 5 nitrogen and oxygen atoms in total. The minimum absolute atomic E-state index is 0.595. The predicted molar refractivity (Wildman–Crippen MR) is 88.4 cm³/mol. The molecule has 0 aliphatic rings. The molecule has 0 bridgehead atoms. The number of esters is 1. The summed E-state index contributed by atoms with van der Waals surface area (Å²) in [6.07, 6.45) is -9.06. The van der Waals surface area contributed by atoms with Crippen molar-refractivity contribution >= 4 is 23.8 Å². The van der Waals surface area contributed by atoms with E-state index in [1.807, 2.05) is 0 Å². The van der Waals surface area contributed by atoms with Gasteiger partial charge in [-0.2, -0.15) is 57.1 Å². The van der Waals surface area contributed by atoms with Gasteiger partial charge in [0.15, 0.2) is 0 Å². The molecule has 0 saturated heterocycles. The summed E-state index contributed by atoms with van der Waals surface area (Å²) in [6.45, 7) is 3.84. The molecular weight excluding hydrogens is 537 g/mol. The van der Waals surface area contributed by atoms with E-state index in [0.717, 1.165) is 0 Å². The second-order valence-corrected chi connectivity index (χ2v) is 8.48. The highest BCUT2D eigenvalue weighted by Crippen LogP contribution is 2.61. The monoisotopic (exact) mass is 553 g/mol. The number of nitrogens with one attached hydrogen (secondary N) is 1. The lowest BCUT2D eigenvalue weighted by Crippen LogP contribution is -2.69. The van der Waals surface area contributed by atoms with Crippen molar-refractivity contribution in [2.45, 2.75) is 67.5 Å². The fraction of sp³-hybridized carbons (Fsp3) is 0.867. The zero-order valence-corrected chi connectivity index (χ0v) is 18.1. The molecular formula is C15H16F13NO4S. The maximum atomic E-state index is 13.8. The Morgan fingerprint density at radius 1 is 0.765 bits per heavy atom. The molecule has 0 rings (SSSR count). The molecule has 0 radical (unpaired) electrons. The van der Waals surface area contributed by atoms with Crippen LogP contribution in [-0.2, 0) is 14.3 Å². The number of hydrogen-bond acceptors (Lipinski definition) is 5. The summed E-state index contributed by atoms with van der Waals surface area (Å²) >= 11 is -1.74. The minimum Gasteiger partial charge on any atom is -0.467 e. The van der Waals surface area contributed by atoms with E-state index < -0.39 is 76.3 Å². The fourth-order valence-electron chi connectivity index (χ4n) is 1.79. The molecule has 1 amide bonds. The highest BCUT2D eigenvalue weighted by Gasteiger charge is 2.90. The first kappa shape index (κ1) is 32.2. The molecule has 0 aromatic carbocycles. The van der Waals surface area contributed by atoms with Gasteiger partial charge in [0.2, 0.25) is 0 Å². The molecule has 202 valence electrons. The van der Waals surface area contributed by atoms with E-state index in [9.17, 15) is 66.7 Å². The van der Waals surface area contributed by atoms with E-state index in [1.54, 1.807) is 0 Å². The van der Waals surface area contributed by atoms with Crippen LogP contribution in [-0.4, -0.2) is 71.7 Å². The zero-order chi connectivity index (χ0) is 27.8. The van der Waals surface area contributed by atoms with E-state index >= 15 is 0 Å². The second kappa shape index (κ2) is 9.67. The number of rotatable bonds is 9. The molecule has 0 aliphatic heterocycles. The fourth-order valence-corrected chi connectivity index (χ4v) is 2.70. The first-order chi connectivity index (χ1) is 14.7. The molecule has 0 aromatic rings. The van der Waals surface area contributed by atoms with Gasteiger partial charge >= 0.3 is 47.2 Å². The van der Waals surface area contributed by atoms with Crippen LogP contribution in [0.15, 0.2) is 0 Å². The van der Waals surface area contributed by atoms with Crippen molar-refractivity contribution in [1.29, 1.82) is 0 Å². The number of hydrogen-bond donors (Lipinski definition) is 1. The lowest BCUT2D eigenvalue weighted by molar-refractivity contribution is -0.433. The Kier molecular flexibility index (Phi) is 9.16. The Morgan fingerprint density at radius 3 is 1.53 bits per heavy atom. The average molecular weight is 553 g/mol. The van der Waals surface area contributed by atoms with E-state index in [2.05, 4.69) is 9.47 Å². The van der Waals surface area contributed by atoms with Crippen LogP contribution < -0.4 is 5.32 Å². The molecule has 1 unspecified atom stereocenters. The van der Waals surface area contributed by atoms with Crippen molar-refractivity contribution < 1.29 is 76.1 Å². The summed E-state index contributed by atoms with van der Waals surface area (Å²) in [6, 6.07) is -2.36. The Morgan fingerprint density at radius 2 is 1.18 bits per heavy atom. The van der Waals surface area contributed by atoms with E-state index in [4.69, 9.17) is 0 Å². The summed E-state index contributed by atoms with van der Waals surface area (Å²) in [7, 11) is 0.595. The van der Waals surface area contributed by atoms with Gasteiger partial charge in [0.25, 0.3) is 0 Å². The molecule has 34 heavy (non-hydrogen) atoms. The number of carbonyl (C=O) groups is 2. The number of methoxy groups -OCH3 is 1. The van der Waals surface area contributed by atoms with Crippen LogP contribution in [0.3, 0.4) is 0 Å². The number of carbonyl (C=O) groups excluding carboxylic acids is 2. The van der Waals surface area contributed by atoms with Crippen LogP contribution in [0.25, 0.3) is 0 Å². The van der Waals surface area contributed by atoms with Crippen LogP contribution in [0.4, 0.5) is 61.9 Å². The molecule has 0 spiro atoms. The van der Waals surface area contributed by atoms with E-state index in [0.29, 0.717) is 7.11 Å². The topological polar surface area (TPSA) is 64.6 Å². The first-order valence-corrected chi connectivity index (χ1v) is 9.35. The third kappa shape index (κ3) is 6.24. The van der Waals surface area contributed by atoms with Crippen LogP contribution in [0.1, 0.15) is 20.8 Å². The number of ether oxygens (including phenoxy) is 2. The third-order valence-corrected chi connectivity index (χ3v) is 4.63. The predicted octanol–water partition coefficient (Wildman–Crippen LogP) is 5.48. The van der Waals surface area contributed by atoms with Crippen molar-refractivity contribution in [3.8, 4) is 0 Å². The Labute approximate surface area is 186 Å². The SMILES string of the molecule is COC(=O)C(CSC(F)(F)C(F)(F)C(F)(F)C(F)(F)C(F)(F)C(F)(F)F)NC(=O)OC(C)(C)C. The molecule has 0 aromatic heterocycles. The average Bonchev–Trinajstić information content (AvgIpc) is 2.61. The maximum absolute atomic E-state index is 13.8. The number of halogens is 13. The lowest BCUT2D eigenvalue weighted by atomic mass is 9.98. The molecule has 0 aliphatic carbocycles.